The summed E-state index contributed by atoms with van der Waals surface area (Å²) in [6.07, 6.45) is -1.76. The fourth-order valence-electron chi connectivity index (χ4n) is 1.46. The van der Waals surface area contributed by atoms with Crippen molar-refractivity contribution in [2.24, 2.45) is 0 Å². The van der Waals surface area contributed by atoms with E-state index >= 15 is 0 Å². The number of nitrogens with zero attached hydrogens (tertiary/aromatic N) is 1. The van der Waals surface area contributed by atoms with E-state index in [-0.39, 0.29) is 30.0 Å². The lowest BCUT2D eigenvalue weighted by Gasteiger charge is -2.13. The van der Waals surface area contributed by atoms with Crippen LogP contribution in [0.3, 0.4) is 0 Å². The summed E-state index contributed by atoms with van der Waals surface area (Å²) in [5, 5.41) is 0. The highest BCUT2D eigenvalue weighted by Gasteiger charge is 2.20. The molecule has 1 rings (SSSR count). The topological polar surface area (TPSA) is 39.2 Å². The second kappa shape index (κ2) is 6.99. The maximum absolute atomic E-state index is 12.8. The molecular weight excluding hydrogens is 331 g/mol. The number of alkyl halides is 3. The molecule has 100 valence electrons. The van der Waals surface area contributed by atoms with Crippen LogP contribution in [0.5, 0.6) is 0 Å². The van der Waals surface area contributed by atoms with E-state index in [0.717, 1.165) is 6.20 Å². The van der Waals surface area contributed by atoms with Gasteiger partial charge < -0.3 is 4.74 Å². The van der Waals surface area contributed by atoms with Crippen molar-refractivity contribution in [1.29, 1.82) is 0 Å². The number of ether oxygens (including phenoxy) is 1. The van der Waals surface area contributed by atoms with E-state index in [1.165, 1.54) is 0 Å². The summed E-state index contributed by atoms with van der Waals surface area (Å²) in [7, 11) is 0. The smallest absolute Gasteiger partial charge is 0.310 e. The van der Waals surface area contributed by atoms with E-state index in [0.29, 0.717) is 10.2 Å². The van der Waals surface area contributed by atoms with E-state index in [9.17, 15) is 13.6 Å². The van der Waals surface area contributed by atoms with Crippen molar-refractivity contribution in [3.05, 3.63) is 27.5 Å². The van der Waals surface area contributed by atoms with Gasteiger partial charge in [-0.05, 0) is 28.4 Å². The monoisotopic (exact) mass is 341 g/mol. The van der Waals surface area contributed by atoms with Crippen molar-refractivity contribution in [3.8, 4) is 0 Å². The predicted octanol–water partition coefficient (Wildman–Crippen LogP) is 3.63. The Kier molecular flexibility index (Phi) is 5.95. The zero-order valence-corrected chi connectivity index (χ0v) is 11.9. The van der Waals surface area contributed by atoms with Gasteiger partial charge >= 0.3 is 5.97 Å². The van der Waals surface area contributed by atoms with Gasteiger partial charge in [0.15, 0.2) is 0 Å². The van der Waals surface area contributed by atoms with Gasteiger partial charge in [0.25, 0.3) is 6.43 Å². The number of rotatable bonds is 5. The minimum Gasteiger partial charge on any atom is -0.466 e. The highest BCUT2D eigenvalue weighted by Crippen LogP contribution is 2.30. The summed E-state index contributed by atoms with van der Waals surface area (Å²) in [4.78, 5) is 15.2. The van der Waals surface area contributed by atoms with Crippen LogP contribution in [0, 0.1) is 0 Å². The summed E-state index contributed by atoms with van der Waals surface area (Å²) in [5.41, 5.74) is 0.315. The molecule has 7 heteroatoms. The third-order valence-electron chi connectivity index (χ3n) is 2.27. The van der Waals surface area contributed by atoms with Crippen molar-refractivity contribution in [1.82, 2.24) is 4.98 Å². The summed E-state index contributed by atoms with van der Waals surface area (Å²) >= 11 is 8.81. The molecule has 0 saturated carbocycles. The molecule has 3 nitrogen and oxygen atoms in total. The fourth-order valence-corrected chi connectivity index (χ4v) is 2.26. The molecule has 0 fully saturated rings. The number of carbonyl (C=O) groups excluding carboxylic acids is 1. The van der Waals surface area contributed by atoms with Crippen LogP contribution in [0.15, 0.2) is 10.8 Å². The highest BCUT2D eigenvalue weighted by atomic mass is 79.9. The summed E-state index contributed by atoms with van der Waals surface area (Å²) in [6, 6.07) is 0. The van der Waals surface area contributed by atoms with Gasteiger partial charge in [0, 0.05) is 23.2 Å². The number of aromatic nitrogens is 1. The van der Waals surface area contributed by atoms with Crippen LogP contribution in [-0.4, -0.2) is 17.6 Å². The lowest BCUT2D eigenvalue weighted by molar-refractivity contribution is -0.142. The Balaban J connectivity index is 3.15. The third kappa shape index (κ3) is 3.62. The van der Waals surface area contributed by atoms with Crippen LogP contribution >= 0.6 is 27.5 Å². The number of carbonyl (C=O) groups is 1. The minimum absolute atomic E-state index is 0.116. The molecule has 1 aromatic heterocycles. The SMILES string of the molecule is CCOC(=O)Cc1c(Br)ncc(C(F)F)c1CCl. The zero-order chi connectivity index (χ0) is 13.7. The van der Waals surface area contributed by atoms with Gasteiger partial charge in [-0.1, -0.05) is 0 Å². The molecule has 0 atom stereocenters. The third-order valence-corrected chi connectivity index (χ3v) is 3.22. The van der Waals surface area contributed by atoms with Gasteiger partial charge in [-0.15, -0.1) is 11.6 Å². The molecule has 0 aliphatic carbocycles. The molecule has 18 heavy (non-hydrogen) atoms. The lowest BCUT2D eigenvalue weighted by Crippen LogP contribution is -2.12. The first-order valence-electron chi connectivity index (χ1n) is 5.17. The summed E-state index contributed by atoms with van der Waals surface area (Å²) in [5.74, 6) is -0.618. The second-order valence-electron chi connectivity index (χ2n) is 3.38. The average Bonchev–Trinajstić information content (AvgIpc) is 2.31. The van der Waals surface area contributed by atoms with Gasteiger partial charge in [0.05, 0.1) is 13.0 Å². The Morgan fingerprint density at radius 2 is 2.22 bits per heavy atom. The van der Waals surface area contributed by atoms with E-state index in [1.54, 1.807) is 6.92 Å². The number of pyridine rings is 1. The summed E-state index contributed by atoms with van der Waals surface area (Å²) in [6.45, 7) is 1.90. The number of hydrogen-bond acceptors (Lipinski definition) is 3. The Labute approximate surface area is 117 Å². The number of halogens is 4. The molecule has 0 saturated heterocycles. The van der Waals surface area contributed by atoms with E-state index in [2.05, 4.69) is 20.9 Å². The minimum atomic E-state index is -2.68. The first-order chi connectivity index (χ1) is 8.51. The zero-order valence-electron chi connectivity index (χ0n) is 9.55. The molecule has 1 heterocycles. The Hall–Kier alpha value is -0.750. The lowest BCUT2D eigenvalue weighted by atomic mass is 10.0. The standard InChI is InChI=1S/C11H11BrClF2NO2/c1-2-18-9(17)3-6-7(4-13)8(11(14)15)5-16-10(6)12/h5,11H,2-4H2,1H3. The Morgan fingerprint density at radius 3 is 2.72 bits per heavy atom. The molecule has 0 N–H and O–H groups in total. The fraction of sp³-hybridized carbons (Fsp3) is 0.455. The average molecular weight is 343 g/mol. The van der Waals surface area contributed by atoms with Crippen molar-refractivity contribution in [2.45, 2.75) is 25.7 Å². The molecule has 0 aliphatic heterocycles. The van der Waals surface area contributed by atoms with E-state index in [1.807, 2.05) is 0 Å². The van der Waals surface area contributed by atoms with Crippen molar-refractivity contribution >= 4 is 33.5 Å². The first kappa shape index (κ1) is 15.3. The van der Waals surface area contributed by atoms with E-state index in [4.69, 9.17) is 16.3 Å². The quantitative estimate of drug-likeness (QED) is 0.466. The maximum atomic E-state index is 12.8. The molecule has 0 amide bonds. The first-order valence-corrected chi connectivity index (χ1v) is 6.49. The van der Waals surface area contributed by atoms with Crippen LogP contribution in [0.2, 0.25) is 0 Å². The largest absolute Gasteiger partial charge is 0.466 e. The van der Waals surface area contributed by atoms with Gasteiger partial charge in [-0.3, -0.25) is 4.79 Å². The Morgan fingerprint density at radius 1 is 1.56 bits per heavy atom. The normalized spacial score (nSPS) is 10.8. The van der Waals surface area contributed by atoms with Crippen LogP contribution in [0.1, 0.15) is 30.0 Å². The van der Waals surface area contributed by atoms with E-state index < -0.39 is 12.4 Å². The van der Waals surface area contributed by atoms with Crippen LogP contribution in [-0.2, 0) is 21.8 Å². The Bertz CT molecular complexity index is 443. The highest BCUT2D eigenvalue weighted by molar-refractivity contribution is 9.10. The van der Waals surface area contributed by atoms with Crippen LogP contribution < -0.4 is 0 Å². The van der Waals surface area contributed by atoms with Crippen molar-refractivity contribution in [2.75, 3.05) is 6.61 Å². The molecule has 0 bridgehead atoms. The maximum Gasteiger partial charge on any atom is 0.310 e. The molecule has 0 radical (unpaired) electrons. The molecular formula is C11H11BrClF2NO2. The van der Waals surface area contributed by atoms with Crippen molar-refractivity contribution < 1.29 is 18.3 Å². The summed E-state index contributed by atoms with van der Waals surface area (Å²) < 4.78 is 30.7. The predicted molar refractivity (Wildman–Crippen MR) is 66.8 cm³/mol. The molecule has 0 aromatic carbocycles. The van der Waals surface area contributed by atoms with Crippen molar-refractivity contribution in [3.63, 3.8) is 0 Å². The molecule has 1 aromatic rings. The molecule has 0 aliphatic rings. The molecule has 0 spiro atoms. The van der Waals surface area contributed by atoms with Crippen LogP contribution in [0.4, 0.5) is 8.78 Å². The molecule has 0 unspecified atom stereocenters. The van der Waals surface area contributed by atoms with Gasteiger partial charge in [0.1, 0.15) is 4.60 Å². The van der Waals surface area contributed by atoms with Gasteiger partial charge in [-0.25, -0.2) is 13.8 Å². The number of hydrogen-bond donors (Lipinski definition) is 0. The second-order valence-corrected chi connectivity index (χ2v) is 4.40. The van der Waals surface area contributed by atoms with Gasteiger partial charge in [-0.2, -0.15) is 0 Å². The number of esters is 1. The van der Waals surface area contributed by atoms with Gasteiger partial charge in [0.2, 0.25) is 0 Å². The van der Waals surface area contributed by atoms with Crippen LogP contribution in [0.25, 0.3) is 0 Å².